The average molecular weight is 239 g/mol. The Kier molecular flexibility index (Phi) is 4.87. The van der Waals surface area contributed by atoms with Crippen LogP contribution in [0.15, 0.2) is 0 Å². The molecule has 0 amide bonds. The molecule has 0 aliphatic carbocycles. The van der Waals surface area contributed by atoms with E-state index in [1.54, 1.807) is 0 Å². The quantitative estimate of drug-likeness (QED) is 0.815. The van der Waals surface area contributed by atoms with Crippen LogP contribution in [0.5, 0.6) is 0 Å². The van der Waals surface area contributed by atoms with E-state index < -0.39 is 0 Å². The molecular weight excluding hydrogens is 210 g/mol. The molecule has 0 spiro atoms. The van der Waals surface area contributed by atoms with Crippen molar-refractivity contribution in [1.29, 1.82) is 0 Å². The highest BCUT2D eigenvalue weighted by molar-refractivity contribution is 4.94. The fourth-order valence-electron chi connectivity index (χ4n) is 3.54. The highest BCUT2D eigenvalue weighted by atomic mass is 16.5. The maximum Gasteiger partial charge on any atom is 0.0468 e. The van der Waals surface area contributed by atoms with Crippen LogP contribution in [0.4, 0.5) is 0 Å². The van der Waals surface area contributed by atoms with Crippen molar-refractivity contribution in [2.75, 3.05) is 19.8 Å². The molecule has 2 rings (SSSR count). The summed E-state index contributed by atoms with van der Waals surface area (Å²) in [6.07, 6.45) is 9.48. The molecule has 1 N–H and O–H groups in total. The van der Waals surface area contributed by atoms with Gasteiger partial charge in [-0.15, -0.1) is 0 Å². The third-order valence-electron chi connectivity index (χ3n) is 4.88. The Labute approximate surface area is 107 Å². The zero-order valence-electron chi connectivity index (χ0n) is 11.6. The van der Waals surface area contributed by atoms with Crippen molar-refractivity contribution in [3.63, 3.8) is 0 Å². The predicted molar refractivity (Wildman–Crippen MR) is 72.2 cm³/mol. The van der Waals surface area contributed by atoms with E-state index >= 15 is 0 Å². The number of hydrogen-bond donors (Lipinski definition) is 1. The average Bonchev–Trinajstić information content (AvgIpc) is 2.57. The maximum atomic E-state index is 5.49. The molecule has 0 radical (unpaired) electrons. The van der Waals surface area contributed by atoms with Gasteiger partial charge >= 0.3 is 0 Å². The molecule has 1 unspecified atom stereocenters. The Bertz CT molecular complexity index is 213. The lowest BCUT2D eigenvalue weighted by atomic mass is 9.74. The molecule has 0 aromatic heterocycles. The highest BCUT2D eigenvalue weighted by Gasteiger charge is 2.36. The van der Waals surface area contributed by atoms with Gasteiger partial charge in [0, 0.05) is 18.8 Å². The van der Waals surface area contributed by atoms with E-state index in [-0.39, 0.29) is 0 Å². The van der Waals surface area contributed by atoms with Crippen molar-refractivity contribution in [3.05, 3.63) is 0 Å². The normalized spacial score (nSPS) is 32.6. The van der Waals surface area contributed by atoms with Gasteiger partial charge in [0.15, 0.2) is 0 Å². The number of nitrogens with one attached hydrogen (secondary N) is 1. The van der Waals surface area contributed by atoms with Crippen LogP contribution in [0.1, 0.15) is 58.8 Å². The van der Waals surface area contributed by atoms with Crippen LogP contribution < -0.4 is 5.32 Å². The Morgan fingerprint density at radius 3 is 2.65 bits per heavy atom. The molecule has 0 saturated carbocycles. The molecule has 0 aromatic carbocycles. The predicted octanol–water partition coefficient (Wildman–Crippen LogP) is 3.36. The number of hydrogen-bond acceptors (Lipinski definition) is 2. The molecule has 0 aromatic rings. The Hall–Kier alpha value is -0.0800. The Balaban J connectivity index is 1.98. The summed E-state index contributed by atoms with van der Waals surface area (Å²) in [5.41, 5.74) is 0.415. The second-order valence-electron chi connectivity index (χ2n) is 6.31. The first-order chi connectivity index (χ1) is 8.23. The lowest BCUT2D eigenvalue weighted by Crippen LogP contribution is -2.50. The third-order valence-corrected chi connectivity index (χ3v) is 4.88. The summed E-state index contributed by atoms with van der Waals surface area (Å²) < 4.78 is 5.49. The van der Waals surface area contributed by atoms with Gasteiger partial charge in [-0.25, -0.2) is 0 Å². The first-order valence-electron chi connectivity index (χ1n) is 7.56. The van der Waals surface area contributed by atoms with Crippen LogP contribution in [0.25, 0.3) is 0 Å². The van der Waals surface area contributed by atoms with Crippen LogP contribution in [-0.4, -0.2) is 25.3 Å². The summed E-state index contributed by atoms with van der Waals surface area (Å²) in [6.45, 7) is 7.99. The number of ether oxygens (including phenoxy) is 1. The lowest BCUT2D eigenvalue weighted by Gasteiger charge is -2.41. The third kappa shape index (κ3) is 3.45. The van der Waals surface area contributed by atoms with Crippen LogP contribution in [0.3, 0.4) is 0 Å². The molecule has 2 saturated heterocycles. The molecular formula is C15H29NO. The van der Waals surface area contributed by atoms with E-state index in [1.165, 1.54) is 51.5 Å². The highest BCUT2D eigenvalue weighted by Crippen LogP contribution is 2.35. The van der Waals surface area contributed by atoms with Crippen molar-refractivity contribution in [3.8, 4) is 0 Å². The van der Waals surface area contributed by atoms with Crippen LogP contribution in [0.2, 0.25) is 0 Å². The van der Waals surface area contributed by atoms with Crippen LogP contribution >= 0.6 is 0 Å². The summed E-state index contributed by atoms with van der Waals surface area (Å²) >= 11 is 0. The standard InChI is InChI=1S/C15H29NO/c1-13(2)15(8-4-3-5-9-16-15)12-14-6-10-17-11-7-14/h13-14,16H,3-12H2,1-2H3. The second kappa shape index (κ2) is 6.19. The van der Waals surface area contributed by atoms with Gasteiger partial charge in [0.25, 0.3) is 0 Å². The zero-order valence-corrected chi connectivity index (χ0v) is 11.6. The smallest absolute Gasteiger partial charge is 0.0468 e. The summed E-state index contributed by atoms with van der Waals surface area (Å²) in [5.74, 6) is 1.64. The minimum absolute atomic E-state index is 0.415. The van der Waals surface area contributed by atoms with E-state index in [0.29, 0.717) is 5.54 Å². The fourth-order valence-corrected chi connectivity index (χ4v) is 3.54. The van der Waals surface area contributed by atoms with Gasteiger partial charge in [0.05, 0.1) is 0 Å². The minimum Gasteiger partial charge on any atom is -0.381 e. The van der Waals surface area contributed by atoms with Crippen LogP contribution in [-0.2, 0) is 4.74 Å². The monoisotopic (exact) mass is 239 g/mol. The molecule has 1 atom stereocenters. The molecule has 2 fully saturated rings. The van der Waals surface area contributed by atoms with Crippen molar-refractivity contribution in [2.24, 2.45) is 11.8 Å². The molecule has 2 aliphatic heterocycles. The van der Waals surface area contributed by atoms with Gasteiger partial charge in [-0.2, -0.15) is 0 Å². The molecule has 100 valence electrons. The second-order valence-corrected chi connectivity index (χ2v) is 6.31. The Morgan fingerprint density at radius 2 is 1.94 bits per heavy atom. The van der Waals surface area contributed by atoms with Crippen molar-refractivity contribution < 1.29 is 4.74 Å². The van der Waals surface area contributed by atoms with E-state index in [0.717, 1.165) is 25.0 Å². The first kappa shape index (κ1) is 13.4. The van der Waals surface area contributed by atoms with Crippen molar-refractivity contribution >= 4 is 0 Å². The largest absolute Gasteiger partial charge is 0.381 e. The molecule has 2 aliphatic rings. The van der Waals surface area contributed by atoms with Crippen molar-refractivity contribution in [2.45, 2.75) is 64.3 Å². The number of rotatable bonds is 3. The summed E-state index contributed by atoms with van der Waals surface area (Å²) in [6, 6.07) is 0. The maximum absolute atomic E-state index is 5.49. The summed E-state index contributed by atoms with van der Waals surface area (Å²) in [5, 5.41) is 3.90. The molecule has 2 heteroatoms. The minimum atomic E-state index is 0.415. The molecule has 2 nitrogen and oxygen atoms in total. The summed E-state index contributed by atoms with van der Waals surface area (Å²) in [4.78, 5) is 0. The van der Waals surface area contributed by atoms with Gasteiger partial charge in [-0.05, 0) is 50.5 Å². The van der Waals surface area contributed by atoms with E-state index in [4.69, 9.17) is 4.74 Å². The summed E-state index contributed by atoms with van der Waals surface area (Å²) in [7, 11) is 0. The SMILES string of the molecule is CC(C)C1(CC2CCOCC2)CCCCCN1. The topological polar surface area (TPSA) is 21.3 Å². The van der Waals surface area contributed by atoms with Gasteiger partial charge in [0.2, 0.25) is 0 Å². The van der Waals surface area contributed by atoms with Crippen LogP contribution in [0, 0.1) is 11.8 Å². The van der Waals surface area contributed by atoms with E-state index in [9.17, 15) is 0 Å². The van der Waals surface area contributed by atoms with Gasteiger partial charge in [-0.1, -0.05) is 26.7 Å². The Morgan fingerprint density at radius 1 is 1.18 bits per heavy atom. The van der Waals surface area contributed by atoms with Gasteiger partial charge < -0.3 is 10.1 Å². The fraction of sp³-hybridized carbons (Fsp3) is 1.00. The lowest BCUT2D eigenvalue weighted by molar-refractivity contribution is 0.0457. The van der Waals surface area contributed by atoms with Gasteiger partial charge in [-0.3, -0.25) is 0 Å². The molecule has 2 heterocycles. The first-order valence-corrected chi connectivity index (χ1v) is 7.56. The molecule has 17 heavy (non-hydrogen) atoms. The van der Waals surface area contributed by atoms with Gasteiger partial charge in [0.1, 0.15) is 0 Å². The van der Waals surface area contributed by atoms with E-state index in [2.05, 4.69) is 19.2 Å². The molecule has 0 bridgehead atoms. The zero-order chi connectivity index (χ0) is 12.1. The van der Waals surface area contributed by atoms with Crippen molar-refractivity contribution in [1.82, 2.24) is 5.32 Å². The van der Waals surface area contributed by atoms with E-state index in [1.807, 2.05) is 0 Å².